The molecule has 0 aliphatic heterocycles. The van der Waals surface area contributed by atoms with Crippen molar-refractivity contribution in [2.45, 2.75) is 6.04 Å². The minimum atomic E-state index is -0.198. The fraction of sp³-hybridized carbons (Fsp3) is 0.0909. The summed E-state index contributed by atoms with van der Waals surface area (Å²) in [7, 11) is 0. The maximum Gasteiger partial charge on any atom is 0.0661 e. The second kappa shape index (κ2) is 4.54. The van der Waals surface area contributed by atoms with Crippen LogP contribution in [0.2, 0.25) is 10.0 Å². The summed E-state index contributed by atoms with van der Waals surface area (Å²) in [6.45, 7) is 0. The van der Waals surface area contributed by atoms with E-state index in [1.54, 1.807) is 11.3 Å². The largest absolute Gasteiger partial charge is 0.320 e. The smallest absolute Gasteiger partial charge is 0.0661 e. The number of thiophene rings is 1. The van der Waals surface area contributed by atoms with Gasteiger partial charge in [-0.05, 0) is 29.1 Å². The van der Waals surface area contributed by atoms with Crippen LogP contribution in [-0.4, -0.2) is 0 Å². The standard InChI is InChI=1S/C11H9Cl2NS/c12-8-3-1-2-7(6-8)10(14)11-9(13)4-5-15-11/h1-6,10H,14H2. The second-order valence-corrected chi connectivity index (χ2v) is 4.96. The van der Waals surface area contributed by atoms with Crippen LogP contribution >= 0.6 is 34.5 Å². The summed E-state index contributed by atoms with van der Waals surface area (Å²) in [6, 6.07) is 9.18. The zero-order valence-electron chi connectivity index (χ0n) is 7.78. The first-order valence-electron chi connectivity index (χ1n) is 4.42. The van der Waals surface area contributed by atoms with Crippen LogP contribution in [0.3, 0.4) is 0 Å². The lowest BCUT2D eigenvalue weighted by atomic mass is 10.1. The highest BCUT2D eigenvalue weighted by molar-refractivity contribution is 7.10. The first-order valence-corrected chi connectivity index (χ1v) is 6.06. The van der Waals surface area contributed by atoms with Crippen LogP contribution in [0.5, 0.6) is 0 Å². The third-order valence-electron chi connectivity index (χ3n) is 2.14. The predicted molar refractivity (Wildman–Crippen MR) is 66.8 cm³/mol. The van der Waals surface area contributed by atoms with Crippen LogP contribution in [0.15, 0.2) is 35.7 Å². The van der Waals surface area contributed by atoms with Crippen LogP contribution in [0.4, 0.5) is 0 Å². The van der Waals surface area contributed by atoms with E-state index >= 15 is 0 Å². The van der Waals surface area contributed by atoms with Gasteiger partial charge in [0.05, 0.1) is 11.1 Å². The van der Waals surface area contributed by atoms with Gasteiger partial charge in [-0.2, -0.15) is 0 Å². The molecule has 1 heterocycles. The third-order valence-corrected chi connectivity index (χ3v) is 3.81. The zero-order chi connectivity index (χ0) is 10.8. The van der Waals surface area contributed by atoms with Crippen LogP contribution in [0, 0.1) is 0 Å². The van der Waals surface area contributed by atoms with Crippen molar-refractivity contribution in [1.82, 2.24) is 0 Å². The molecule has 1 aromatic heterocycles. The molecular weight excluding hydrogens is 249 g/mol. The lowest BCUT2D eigenvalue weighted by Gasteiger charge is -2.10. The van der Waals surface area contributed by atoms with E-state index in [2.05, 4.69) is 0 Å². The van der Waals surface area contributed by atoms with Gasteiger partial charge in [0.2, 0.25) is 0 Å². The van der Waals surface area contributed by atoms with E-state index in [0.717, 1.165) is 10.4 Å². The molecule has 0 saturated heterocycles. The fourth-order valence-corrected chi connectivity index (χ4v) is 2.78. The Kier molecular flexibility index (Phi) is 3.32. The van der Waals surface area contributed by atoms with Crippen LogP contribution in [0.25, 0.3) is 0 Å². The number of halogens is 2. The summed E-state index contributed by atoms with van der Waals surface area (Å²) in [5.41, 5.74) is 7.08. The van der Waals surface area contributed by atoms with Gasteiger partial charge in [0, 0.05) is 9.90 Å². The van der Waals surface area contributed by atoms with Gasteiger partial charge in [-0.25, -0.2) is 0 Å². The minimum absolute atomic E-state index is 0.198. The molecule has 15 heavy (non-hydrogen) atoms. The quantitative estimate of drug-likeness (QED) is 0.862. The Balaban J connectivity index is 2.36. The van der Waals surface area contributed by atoms with E-state index in [0.29, 0.717) is 10.0 Å². The Hall–Kier alpha value is -0.540. The van der Waals surface area contributed by atoms with Gasteiger partial charge in [-0.1, -0.05) is 35.3 Å². The van der Waals surface area contributed by atoms with Gasteiger partial charge < -0.3 is 5.73 Å². The molecule has 1 aromatic carbocycles. The fourth-order valence-electron chi connectivity index (χ4n) is 1.38. The Labute approximate surface area is 102 Å². The summed E-state index contributed by atoms with van der Waals surface area (Å²) < 4.78 is 0. The highest BCUT2D eigenvalue weighted by Gasteiger charge is 2.13. The van der Waals surface area contributed by atoms with E-state index in [9.17, 15) is 0 Å². The number of hydrogen-bond donors (Lipinski definition) is 1. The van der Waals surface area contributed by atoms with Crippen molar-refractivity contribution in [2.24, 2.45) is 5.73 Å². The van der Waals surface area contributed by atoms with Crippen molar-refractivity contribution >= 4 is 34.5 Å². The van der Waals surface area contributed by atoms with Gasteiger partial charge in [0.25, 0.3) is 0 Å². The summed E-state index contributed by atoms with van der Waals surface area (Å²) in [4.78, 5) is 0.971. The molecule has 1 unspecified atom stereocenters. The van der Waals surface area contributed by atoms with E-state index in [-0.39, 0.29) is 6.04 Å². The van der Waals surface area contributed by atoms with Gasteiger partial charge in [0.15, 0.2) is 0 Å². The summed E-state index contributed by atoms with van der Waals surface area (Å²) in [5, 5.41) is 3.34. The maximum atomic E-state index is 6.10. The molecular formula is C11H9Cl2NS. The topological polar surface area (TPSA) is 26.0 Å². The molecule has 0 bridgehead atoms. The van der Waals surface area contributed by atoms with Gasteiger partial charge >= 0.3 is 0 Å². The molecule has 0 aliphatic rings. The van der Waals surface area contributed by atoms with Crippen LogP contribution in [-0.2, 0) is 0 Å². The van der Waals surface area contributed by atoms with E-state index in [4.69, 9.17) is 28.9 Å². The lowest BCUT2D eigenvalue weighted by molar-refractivity contribution is 0.894. The van der Waals surface area contributed by atoms with Crippen molar-refractivity contribution in [3.63, 3.8) is 0 Å². The number of benzene rings is 1. The average molecular weight is 258 g/mol. The maximum absolute atomic E-state index is 6.10. The highest BCUT2D eigenvalue weighted by atomic mass is 35.5. The average Bonchev–Trinajstić information content (AvgIpc) is 2.63. The van der Waals surface area contributed by atoms with Crippen molar-refractivity contribution in [3.05, 3.63) is 56.2 Å². The summed E-state index contributed by atoms with van der Waals surface area (Å²) in [6.07, 6.45) is 0. The molecule has 0 fully saturated rings. The van der Waals surface area contributed by atoms with Gasteiger partial charge in [-0.3, -0.25) is 0 Å². The normalized spacial score (nSPS) is 12.7. The predicted octanol–water partition coefficient (Wildman–Crippen LogP) is 4.10. The highest BCUT2D eigenvalue weighted by Crippen LogP contribution is 2.31. The van der Waals surface area contributed by atoms with Crippen LogP contribution < -0.4 is 5.73 Å². The number of nitrogens with two attached hydrogens (primary N) is 1. The molecule has 2 aromatic rings. The van der Waals surface area contributed by atoms with Gasteiger partial charge in [0.1, 0.15) is 0 Å². The Morgan fingerprint density at radius 3 is 2.60 bits per heavy atom. The Morgan fingerprint density at radius 2 is 2.00 bits per heavy atom. The zero-order valence-corrected chi connectivity index (χ0v) is 10.1. The summed E-state index contributed by atoms with van der Waals surface area (Å²) >= 11 is 13.5. The van der Waals surface area contributed by atoms with Crippen molar-refractivity contribution < 1.29 is 0 Å². The molecule has 0 spiro atoms. The van der Waals surface area contributed by atoms with E-state index in [1.165, 1.54) is 0 Å². The minimum Gasteiger partial charge on any atom is -0.320 e. The van der Waals surface area contributed by atoms with Crippen LogP contribution in [0.1, 0.15) is 16.5 Å². The van der Waals surface area contributed by atoms with Crippen molar-refractivity contribution in [2.75, 3.05) is 0 Å². The number of rotatable bonds is 2. The molecule has 4 heteroatoms. The molecule has 78 valence electrons. The second-order valence-electron chi connectivity index (χ2n) is 3.17. The monoisotopic (exact) mass is 257 g/mol. The molecule has 2 N–H and O–H groups in total. The Morgan fingerprint density at radius 1 is 1.20 bits per heavy atom. The molecule has 1 atom stereocenters. The summed E-state index contributed by atoms with van der Waals surface area (Å²) in [5.74, 6) is 0. The van der Waals surface area contributed by atoms with Crippen molar-refractivity contribution in [1.29, 1.82) is 0 Å². The molecule has 0 aliphatic carbocycles. The van der Waals surface area contributed by atoms with E-state index in [1.807, 2.05) is 35.7 Å². The Bertz CT molecular complexity index is 467. The molecule has 0 saturated carbocycles. The first kappa shape index (κ1) is 11.0. The molecule has 2 rings (SSSR count). The first-order chi connectivity index (χ1) is 7.18. The molecule has 1 nitrogen and oxygen atoms in total. The molecule has 0 amide bonds. The van der Waals surface area contributed by atoms with E-state index < -0.39 is 0 Å². The SMILES string of the molecule is NC(c1cccc(Cl)c1)c1sccc1Cl. The van der Waals surface area contributed by atoms with Crippen molar-refractivity contribution in [3.8, 4) is 0 Å². The number of hydrogen-bond acceptors (Lipinski definition) is 2. The lowest BCUT2D eigenvalue weighted by Crippen LogP contribution is -2.10. The molecule has 0 radical (unpaired) electrons. The van der Waals surface area contributed by atoms with Gasteiger partial charge in [-0.15, -0.1) is 11.3 Å². The third kappa shape index (κ3) is 2.34.